The van der Waals surface area contributed by atoms with Crippen LogP contribution in [0.15, 0.2) is 48.5 Å². The van der Waals surface area contributed by atoms with E-state index in [1.807, 2.05) is 18.2 Å². The fourth-order valence-electron chi connectivity index (χ4n) is 2.54. The van der Waals surface area contributed by atoms with Crippen molar-refractivity contribution >= 4 is 23.0 Å². The van der Waals surface area contributed by atoms with E-state index in [0.29, 0.717) is 6.04 Å². The van der Waals surface area contributed by atoms with Gasteiger partial charge in [0.05, 0.1) is 10.7 Å². The molecular formula is C18H23ClN2. The lowest BCUT2D eigenvalue weighted by Crippen LogP contribution is -2.19. The monoisotopic (exact) mass is 302 g/mol. The summed E-state index contributed by atoms with van der Waals surface area (Å²) in [6.45, 7) is 8.24. The molecule has 0 spiro atoms. The molecule has 0 amide bonds. The second-order valence-electron chi connectivity index (χ2n) is 5.07. The van der Waals surface area contributed by atoms with Crippen LogP contribution in [0.1, 0.15) is 32.4 Å². The molecule has 0 aliphatic carbocycles. The van der Waals surface area contributed by atoms with Crippen LogP contribution < -0.4 is 10.2 Å². The zero-order valence-electron chi connectivity index (χ0n) is 12.9. The molecule has 2 aromatic carbocycles. The summed E-state index contributed by atoms with van der Waals surface area (Å²) in [5, 5.41) is 4.21. The summed E-state index contributed by atoms with van der Waals surface area (Å²) in [4.78, 5) is 2.23. The third-order valence-corrected chi connectivity index (χ3v) is 3.96. The number of hydrogen-bond donors (Lipinski definition) is 1. The summed E-state index contributed by atoms with van der Waals surface area (Å²) >= 11 is 6.53. The van der Waals surface area contributed by atoms with Gasteiger partial charge in [-0.05, 0) is 50.2 Å². The molecule has 21 heavy (non-hydrogen) atoms. The van der Waals surface area contributed by atoms with Crippen LogP contribution >= 0.6 is 11.6 Å². The maximum atomic E-state index is 6.53. The van der Waals surface area contributed by atoms with Gasteiger partial charge in [-0.3, -0.25) is 0 Å². The summed E-state index contributed by atoms with van der Waals surface area (Å²) in [7, 11) is 0. The molecule has 1 unspecified atom stereocenters. The van der Waals surface area contributed by atoms with Crippen LogP contribution in [0.25, 0.3) is 0 Å². The number of nitrogens with zero attached hydrogens (tertiary/aromatic N) is 1. The number of halogens is 1. The number of benzene rings is 2. The first-order valence-corrected chi connectivity index (χ1v) is 7.90. The normalized spacial score (nSPS) is 12.2. The van der Waals surface area contributed by atoms with E-state index in [4.69, 9.17) is 11.6 Å². The summed E-state index contributed by atoms with van der Waals surface area (Å²) in [6, 6.07) is 17.0. The van der Waals surface area contributed by atoms with Crippen molar-refractivity contribution in [2.75, 3.05) is 18.0 Å². The Kier molecular flexibility index (Phi) is 5.66. The largest absolute Gasteiger partial charge is 0.341 e. The average molecular weight is 303 g/mol. The number of hydrogen-bond acceptors (Lipinski definition) is 2. The molecule has 2 rings (SSSR count). The molecule has 0 aromatic heterocycles. The zero-order chi connectivity index (χ0) is 15.2. The Morgan fingerprint density at radius 3 is 2.38 bits per heavy atom. The molecule has 0 aliphatic rings. The first-order valence-electron chi connectivity index (χ1n) is 7.52. The first-order chi connectivity index (χ1) is 10.2. The molecule has 2 aromatic rings. The van der Waals surface area contributed by atoms with Gasteiger partial charge in [-0.15, -0.1) is 0 Å². The molecule has 0 heterocycles. The molecule has 0 saturated heterocycles. The van der Waals surface area contributed by atoms with E-state index in [9.17, 15) is 0 Å². The van der Waals surface area contributed by atoms with E-state index in [1.54, 1.807) is 0 Å². The van der Waals surface area contributed by atoms with E-state index in [1.165, 1.54) is 5.56 Å². The number of anilines is 2. The smallest absolute Gasteiger partial charge is 0.0646 e. The van der Waals surface area contributed by atoms with E-state index < -0.39 is 0 Å². The molecule has 1 N–H and O–H groups in total. The van der Waals surface area contributed by atoms with Crippen molar-refractivity contribution in [1.82, 2.24) is 5.32 Å². The highest BCUT2D eigenvalue weighted by Gasteiger charge is 2.13. The Morgan fingerprint density at radius 1 is 1.10 bits per heavy atom. The van der Waals surface area contributed by atoms with Gasteiger partial charge in [-0.2, -0.15) is 0 Å². The van der Waals surface area contributed by atoms with Crippen LogP contribution in [0, 0.1) is 0 Å². The highest BCUT2D eigenvalue weighted by Crippen LogP contribution is 2.33. The van der Waals surface area contributed by atoms with Crippen molar-refractivity contribution in [3.63, 3.8) is 0 Å². The lowest BCUT2D eigenvalue weighted by Gasteiger charge is -2.25. The summed E-state index contributed by atoms with van der Waals surface area (Å²) < 4.78 is 0. The van der Waals surface area contributed by atoms with E-state index in [-0.39, 0.29) is 0 Å². The second kappa shape index (κ2) is 7.48. The Bertz CT molecular complexity index is 569. The lowest BCUT2D eigenvalue weighted by atomic mass is 10.1. The maximum absolute atomic E-state index is 6.53. The van der Waals surface area contributed by atoms with Crippen LogP contribution in [-0.4, -0.2) is 13.1 Å². The summed E-state index contributed by atoms with van der Waals surface area (Å²) in [6.07, 6.45) is 0. The molecule has 0 saturated carbocycles. The zero-order valence-corrected chi connectivity index (χ0v) is 13.7. The Morgan fingerprint density at radius 2 is 1.81 bits per heavy atom. The Labute approximate surface area is 132 Å². The number of para-hydroxylation sites is 1. The first kappa shape index (κ1) is 15.9. The molecule has 1 atom stereocenters. The number of rotatable bonds is 6. The van der Waals surface area contributed by atoms with Crippen molar-refractivity contribution in [1.29, 1.82) is 0 Å². The molecule has 112 valence electrons. The van der Waals surface area contributed by atoms with Crippen LogP contribution in [0.3, 0.4) is 0 Å². The minimum absolute atomic E-state index is 0.313. The molecule has 0 aliphatic heterocycles. The predicted octanol–water partition coefficient (Wildman–Crippen LogP) is 5.17. The Hall–Kier alpha value is -1.51. The third-order valence-electron chi connectivity index (χ3n) is 3.66. The van der Waals surface area contributed by atoms with E-state index >= 15 is 0 Å². The summed E-state index contributed by atoms with van der Waals surface area (Å²) in [5.74, 6) is 0. The van der Waals surface area contributed by atoms with Crippen LogP contribution in [0.4, 0.5) is 11.4 Å². The number of nitrogens with one attached hydrogen (secondary N) is 1. The van der Waals surface area contributed by atoms with Crippen molar-refractivity contribution in [3.05, 3.63) is 59.1 Å². The standard InChI is InChI=1S/C18H23ClN2/c1-4-20-14(3)15-11-12-18(17(19)13-15)21(5-2)16-9-7-6-8-10-16/h6-14,20H,4-5H2,1-3H3. The van der Waals surface area contributed by atoms with E-state index in [2.05, 4.69) is 61.3 Å². The third kappa shape index (κ3) is 3.78. The quantitative estimate of drug-likeness (QED) is 0.792. The highest BCUT2D eigenvalue weighted by molar-refractivity contribution is 6.33. The van der Waals surface area contributed by atoms with Crippen LogP contribution in [0.5, 0.6) is 0 Å². The fraction of sp³-hybridized carbons (Fsp3) is 0.333. The van der Waals surface area contributed by atoms with Gasteiger partial charge in [-0.25, -0.2) is 0 Å². The van der Waals surface area contributed by atoms with E-state index in [0.717, 1.165) is 29.5 Å². The molecule has 2 nitrogen and oxygen atoms in total. The highest BCUT2D eigenvalue weighted by atomic mass is 35.5. The van der Waals surface area contributed by atoms with Crippen LogP contribution in [-0.2, 0) is 0 Å². The molecule has 0 fully saturated rings. The second-order valence-corrected chi connectivity index (χ2v) is 5.48. The molecule has 0 radical (unpaired) electrons. The van der Waals surface area contributed by atoms with Crippen LogP contribution in [0.2, 0.25) is 5.02 Å². The molecule has 3 heteroatoms. The molecular weight excluding hydrogens is 280 g/mol. The maximum Gasteiger partial charge on any atom is 0.0646 e. The van der Waals surface area contributed by atoms with Crippen molar-refractivity contribution < 1.29 is 0 Å². The van der Waals surface area contributed by atoms with Gasteiger partial charge in [0.2, 0.25) is 0 Å². The lowest BCUT2D eigenvalue weighted by molar-refractivity contribution is 0.598. The minimum atomic E-state index is 0.313. The van der Waals surface area contributed by atoms with Gasteiger partial charge in [0, 0.05) is 18.3 Å². The molecule has 0 bridgehead atoms. The van der Waals surface area contributed by atoms with Crippen molar-refractivity contribution in [2.24, 2.45) is 0 Å². The summed E-state index contributed by atoms with van der Waals surface area (Å²) in [5.41, 5.74) is 3.43. The average Bonchev–Trinajstić information content (AvgIpc) is 2.51. The van der Waals surface area contributed by atoms with Gasteiger partial charge in [0.1, 0.15) is 0 Å². The van der Waals surface area contributed by atoms with Gasteiger partial charge >= 0.3 is 0 Å². The minimum Gasteiger partial charge on any atom is -0.341 e. The fourth-order valence-corrected chi connectivity index (χ4v) is 2.83. The SMILES string of the molecule is CCNC(C)c1ccc(N(CC)c2ccccc2)c(Cl)c1. The van der Waals surface area contributed by atoms with Gasteiger partial charge < -0.3 is 10.2 Å². The van der Waals surface area contributed by atoms with Gasteiger partial charge in [-0.1, -0.05) is 42.8 Å². The Balaban J connectivity index is 2.31. The predicted molar refractivity (Wildman–Crippen MR) is 92.7 cm³/mol. The van der Waals surface area contributed by atoms with Crippen molar-refractivity contribution in [3.8, 4) is 0 Å². The topological polar surface area (TPSA) is 15.3 Å². The van der Waals surface area contributed by atoms with Gasteiger partial charge in [0.25, 0.3) is 0 Å². The van der Waals surface area contributed by atoms with Crippen molar-refractivity contribution in [2.45, 2.75) is 26.8 Å². The van der Waals surface area contributed by atoms with Gasteiger partial charge in [0.15, 0.2) is 0 Å².